The van der Waals surface area contributed by atoms with E-state index in [1.54, 1.807) is 29.2 Å². The molecule has 180 valence electrons. The summed E-state index contributed by atoms with van der Waals surface area (Å²) in [4.78, 5) is 21.2. The number of carbonyl (C=O) groups is 1. The largest absolute Gasteiger partial charge is 0.489 e. The summed E-state index contributed by atoms with van der Waals surface area (Å²) in [5.74, 6) is 1.42. The standard InChI is InChI=1S/C26H28N6O3/c1-3-17(2)26(34)31-8-6-30(7-9-31)24-5-4-18(14-28-24)23-12-22(35-21-10-20(33)11-21)16-32-25(23)19(13-27)15-29-32/h3-5,12,14-17,20-21,33H,1,6-11H2,2H3/t17?,20-,21-. The Balaban J connectivity index is 1.37. The van der Waals surface area contributed by atoms with E-state index in [1.165, 1.54) is 0 Å². The van der Waals surface area contributed by atoms with E-state index < -0.39 is 0 Å². The number of aromatic nitrogens is 3. The summed E-state index contributed by atoms with van der Waals surface area (Å²) in [6.07, 6.45) is 7.68. The van der Waals surface area contributed by atoms with Gasteiger partial charge in [-0.3, -0.25) is 4.79 Å². The van der Waals surface area contributed by atoms with E-state index in [4.69, 9.17) is 9.72 Å². The van der Waals surface area contributed by atoms with Crippen molar-refractivity contribution in [2.45, 2.75) is 32.0 Å². The van der Waals surface area contributed by atoms with Gasteiger partial charge in [-0.25, -0.2) is 9.50 Å². The fourth-order valence-electron chi connectivity index (χ4n) is 4.57. The van der Waals surface area contributed by atoms with Crippen molar-refractivity contribution in [3.8, 4) is 22.9 Å². The lowest BCUT2D eigenvalue weighted by atomic mass is 9.92. The zero-order chi connectivity index (χ0) is 24.5. The topological polar surface area (TPSA) is 107 Å². The highest BCUT2D eigenvalue weighted by Gasteiger charge is 2.29. The van der Waals surface area contributed by atoms with Gasteiger partial charge < -0.3 is 19.6 Å². The van der Waals surface area contributed by atoms with Crippen LogP contribution in [-0.4, -0.2) is 68.9 Å². The van der Waals surface area contributed by atoms with Crippen molar-refractivity contribution in [3.63, 3.8) is 0 Å². The first-order valence-electron chi connectivity index (χ1n) is 11.9. The number of fused-ring (bicyclic) bond motifs is 1. The molecule has 9 heteroatoms. The molecule has 0 bridgehead atoms. The highest BCUT2D eigenvalue weighted by molar-refractivity contribution is 5.85. The minimum absolute atomic E-state index is 0.0261. The van der Waals surface area contributed by atoms with Crippen LogP contribution >= 0.6 is 0 Å². The Kier molecular flexibility index (Phi) is 6.14. The number of amides is 1. The Morgan fingerprint density at radius 2 is 2.06 bits per heavy atom. The Morgan fingerprint density at radius 1 is 1.29 bits per heavy atom. The molecule has 1 aliphatic heterocycles. The zero-order valence-electron chi connectivity index (χ0n) is 19.7. The molecule has 1 aliphatic carbocycles. The maximum absolute atomic E-state index is 12.4. The van der Waals surface area contributed by atoms with Crippen LogP contribution in [0, 0.1) is 17.2 Å². The summed E-state index contributed by atoms with van der Waals surface area (Å²) in [5.41, 5.74) is 2.84. The fraction of sp³-hybridized carbons (Fsp3) is 0.385. The molecule has 3 aromatic rings. The SMILES string of the molecule is C=CC(C)C(=O)N1CCN(c2ccc(-c3cc(O[C@H]4C[C@H](O)C4)cn4ncc(C#N)c34)cn2)CC1. The molecule has 2 fully saturated rings. The van der Waals surface area contributed by atoms with E-state index >= 15 is 0 Å². The molecule has 0 spiro atoms. The third-order valence-corrected chi connectivity index (χ3v) is 6.80. The third-order valence-electron chi connectivity index (χ3n) is 6.80. The molecule has 5 rings (SSSR count). The summed E-state index contributed by atoms with van der Waals surface area (Å²) in [5, 5.41) is 23.5. The monoisotopic (exact) mass is 472 g/mol. The average molecular weight is 473 g/mol. The highest BCUT2D eigenvalue weighted by atomic mass is 16.5. The van der Waals surface area contributed by atoms with Crippen molar-refractivity contribution in [1.29, 1.82) is 5.26 Å². The molecule has 1 N–H and O–H groups in total. The molecule has 1 amide bonds. The number of aliphatic hydroxyl groups is 1. The maximum Gasteiger partial charge on any atom is 0.229 e. The quantitative estimate of drug-likeness (QED) is 0.550. The Bertz CT molecular complexity index is 1280. The summed E-state index contributed by atoms with van der Waals surface area (Å²) >= 11 is 0. The van der Waals surface area contributed by atoms with Gasteiger partial charge in [0.25, 0.3) is 0 Å². The Labute approximate surface area is 203 Å². The molecule has 9 nitrogen and oxygen atoms in total. The average Bonchev–Trinajstić information content (AvgIpc) is 3.30. The van der Waals surface area contributed by atoms with Gasteiger partial charge in [0.2, 0.25) is 5.91 Å². The van der Waals surface area contributed by atoms with Crippen molar-refractivity contribution in [3.05, 3.63) is 55.0 Å². The van der Waals surface area contributed by atoms with Gasteiger partial charge in [0.15, 0.2) is 0 Å². The van der Waals surface area contributed by atoms with Crippen LogP contribution in [0.4, 0.5) is 5.82 Å². The number of rotatable bonds is 6. The molecule has 0 radical (unpaired) electrons. The van der Waals surface area contributed by atoms with Gasteiger partial charge in [0, 0.05) is 56.3 Å². The summed E-state index contributed by atoms with van der Waals surface area (Å²) in [6, 6.07) is 8.07. The van der Waals surface area contributed by atoms with Gasteiger partial charge in [-0.05, 0) is 18.2 Å². The van der Waals surface area contributed by atoms with E-state index in [0.29, 0.717) is 55.9 Å². The smallest absolute Gasteiger partial charge is 0.229 e. The van der Waals surface area contributed by atoms with E-state index in [-0.39, 0.29) is 24.0 Å². The lowest BCUT2D eigenvalue weighted by molar-refractivity contribution is -0.133. The fourth-order valence-corrected chi connectivity index (χ4v) is 4.57. The summed E-state index contributed by atoms with van der Waals surface area (Å²) in [6.45, 7) is 8.31. The summed E-state index contributed by atoms with van der Waals surface area (Å²) < 4.78 is 7.70. The molecule has 4 heterocycles. The van der Waals surface area contributed by atoms with Crippen LogP contribution in [0.3, 0.4) is 0 Å². The number of carbonyl (C=O) groups excluding carboxylic acids is 1. The molecule has 35 heavy (non-hydrogen) atoms. The predicted molar refractivity (Wildman–Crippen MR) is 131 cm³/mol. The zero-order valence-corrected chi connectivity index (χ0v) is 19.7. The first-order valence-corrected chi connectivity index (χ1v) is 11.9. The molecule has 3 aromatic heterocycles. The molecule has 0 aromatic carbocycles. The van der Waals surface area contributed by atoms with Crippen molar-refractivity contribution in [2.75, 3.05) is 31.1 Å². The van der Waals surface area contributed by atoms with Gasteiger partial charge >= 0.3 is 0 Å². The number of hydrogen-bond acceptors (Lipinski definition) is 7. The number of ether oxygens (including phenoxy) is 1. The van der Waals surface area contributed by atoms with E-state index in [1.807, 2.05) is 30.0 Å². The van der Waals surface area contributed by atoms with Gasteiger partial charge in [-0.2, -0.15) is 10.4 Å². The molecular weight excluding hydrogens is 444 g/mol. The van der Waals surface area contributed by atoms with Crippen LogP contribution < -0.4 is 9.64 Å². The molecular formula is C26H28N6O3. The molecule has 1 atom stereocenters. The van der Waals surface area contributed by atoms with Crippen LogP contribution in [0.2, 0.25) is 0 Å². The number of nitrogens with zero attached hydrogens (tertiary/aromatic N) is 6. The van der Waals surface area contributed by atoms with Crippen molar-refractivity contribution in [2.24, 2.45) is 5.92 Å². The van der Waals surface area contributed by atoms with Crippen molar-refractivity contribution < 1.29 is 14.6 Å². The highest BCUT2D eigenvalue weighted by Crippen LogP contribution is 2.33. The number of aliphatic hydroxyl groups excluding tert-OH is 1. The van der Waals surface area contributed by atoms with Crippen molar-refractivity contribution in [1.82, 2.24) is 19.5 Å². The van der Waals surface area contributed by atoms with Crippen LogP contribution in [0.25, 0.3) is 16.6 Å². The van der Waals surface area contributed by atoms with Crippen LogP contribution in [-0.2, 0) is 4.79 Å². The predicted octanol–water partition coefficient (Wildman–Crippen LogP) is 2.64. The van der Waals surface area contributed by atoms with E-state index in [0.717, 1.165) is 16.9 Å². The molecule has 2 aliphatic rings. The number of hydrogen-bond donors (Lipinski definition) is 1. The first-order chi connectivity index (χ1) is 17.0. The Morgan fingerprint density at radius 3 is 2.69 bits per heavy atom. The minimum atomic E-state index is -0.305. The van der Waals surface area contributed by atoms with Gasteiger partial charge in [-0.15, -0.1) is 6.58 Å². The van der Waals surface area contributed by atoms with Gasteiger partial charge in [0.05, 0.1) is 35.5 Å². The third kappa shape index (κ3) is 4.45. The van der Waals surface area contributed by atoms with E-state index in [2.05, 4.69) is 22.6 Å². The number of pyridine rings is 2. The number of anilines is 1. The van der Waals surface area contributed by atoms with Crippen molar-refractivity contribution >= 4 is 17.2 Å². The molecule has 1 saturated carbocycles. The lowest BCUT2D eigenvalue weighted by Crippen LogP contribution is -2.50. The van der Waals surface area contributed by atoms with Crippen LogP contribution in [0.15, 0.2) is 49.4 Å². The van der Waals surface area contributed by atoms with Crippen LogP contribution in [0.1, 0.15) is 25.3 Å². The van der Waals surface area contributed by atoms with Gasteiger partial charge in [0.1, 0.15) is 23.7 Å². The number of piperazine rings is 1. The van der Waals surface area contributed by atoms with Crippen LogP contribution in [0.5, 0.6) is 5.75 Å². The number of nitriles is 1. The summed E-state index contributed by atoms with van der Waals surface area (Å²) in [7, 11) is 0. The first kappa shape index (κ1) is 22.9. The van der Waals surface area contributed by atoms with E-state index in [9.17, 15) is 15.2 Å². The van der Waals surface area contributed by atoms with Gasteiger partial charge in [-0.1, -0.05) is 13.0 Å². The second-order valence-electron chi connectivity index (χ2n) is 9.16. The minimum Gasteiger partial charge on any atom is -0.489 e. The second-order valence-corrected chi connectivity index (χ2v) is 9.16. The molecule has 1 saturated heterocycles. The lowest BCUT2D eigenvalue weighted by Gasteiger charge is -2.36. The second kappa shape index (κ2) is 9.39. The Hall–Kier alpha value is -3.90. The maximum atomic E-state index is 12.4. The normalized spacial score (nSPS) is 20.7. The molecule has 1 unspecified atom stereocenters.